The van der Waals surface area contributed by atoms with E-state index in [9.17, 15) is 9.36 Å². The number of hydrogen-bond donors (Lipinski definition) is 4. The molecular formula is C5H16N2O4P+. The second-order valence-corrected chi connectivity index (χ2v) is 5.06. The van der Waals surface area contributed by atoms with Crippen LogP contribution in [0.5, 0.6) is 0 Å². The number of nitrogens with two attached hydrogens (primary N) is 1. The van der Waals surface area contributed by atoms with E-state index >= 15 is 0 Å². The molecule has 0 saturated carbocycles. The molecule has 0 fully saturated rings. The van der Waals surface area contributed by atoms with E-state index in [4.69, 9.17) is 15.7 Å². The van der Waals surface area contributed by atoms with Crippen molar-refractivity contribution in [1.82, 2.24) is 6.15 Å². The molecule has 0 rings (SSSR count). The van der Waals surface area contributed by atoms with Crippen LogP contribution in [0.4, 0.5) is 0 Å². The van der Waals surface area contributed by atoms with Crippen molar-refractivity contribution < 1.29 is 19.4 Å². The van der Waals surface area contributed by atoms with E-state index in [-0.39, 0.29) is 18.7 Å². The van der Waals surface area contributed by atoms with Crippen LogP contribution in [0.3, 0.4) is 0 Å². The summed E-state index contributed by atoms with van der Waals surface area (Å²) in [6, 6.07) is -1.03. The van der Waals surface area contributed by atoms with Gasteiger partial charge in [-0.2, -0.15) is 0 Å². The standard InChI is InChI=1S/C5H12NO4P.H3N/c1-11(9,10)3-2-4(6)5(7)8;/h4H,2-3,6H2,1H3,(H,7,8)(H,9,10);1H3/p+1/i2+2,3+2;. The molecule has 0 spiro atoms. The lowest BCUT2D eigenvalue weighted by molar-refractivity contribution is -0.138. The molecule has 8 N–H and O–H groups in total. The maximum atomic E-state index is 10.6. The number of carboxylic acids is 1. The van der Waals surface area contributed by atoms with Crippen LogP contribution >= 0.6 is 7.37 Å². The van der Waals surface area contributed by atoms with Gasteiger partial charge >= 0.3 is 5.97 Å². The Morgan fingerprint density at radius 1 is 1.67 bits per heavy atom. The maximum Gasteiger partial charge on any atom is 0.320 e. The highest BCUT2D eigenvalue weighted by molar-refractivity contribution is 7.57. The smallest absolute Gasteiger partial charge is 0.320 e. The second-order valence-electron chi connectivity index (χ2n) is 2.51. The van der Waals surface area contributed by atoms with Crippen LogP contribution < -0.4 is 11.9 Å². The summed E-state index contributed by atoms with van der Waals surface area (Å²) >= 11 is 0. The van der Waals surface area contributed by atoms with Gasteiger partial charge in [0.2, 0.25) is 0 Å². The molecule has 0 bridgehead atoms. The van der Waals surface area contributed by atoms with Crippen molar-refractivity contribution in [3.63, 3.8) is 0 Å². The Labute approximate surface area is 70.8 Å². The minimum Gasteiger partial charge on any atom is -0.480 e. The third kappa shape index (κ3) is 7.68. The van der Waals surface area contributed by atoms with E-state index in [1.165, 1.54) is 6.66 Å². The van der Waals surface area contributed by atoms with Gasteiger partial charge in [0, 0.05) is 12.8 Å². The fourth-order valence-corrected chi connectivity index (χ4v) is 1.26. The molecule has 0 aromatic rings. The highest BCUT2D eigenvalue weighted by Crippen LogP contribution is 2.35. The molecular weight excluding hydrogens is 187 g/mol. The van der Waals surface area contributed by atoms with Gasteiger partial charge in [0.1, 0.15) is 6.04 Å². The van der Waals surface area contributed by atoms with Crippen molar-refractivity contribution in [2.24, 2.45) is 5.73 Å². The molecule has 0 aromatic heterocycles. The van der Waals surface area contributed by atoms with Crippen LogP contribution in [0.15, 0.2) is 0 Å². The normalized spacial score (nSPS) is 17.2. The summed E-state index contributed by atoms with van der Waals surface area (Å²) in [6.07, 6.45) is 0.0000772. The molecule has 0 radical (unpaired) electrons. The molecule has 0 aliphatic rings. The molecule has 12 heavy (non-hydrogen) atoms. The maximum absolute atomic E-state index is 10.6. The van der Waals surface area contributed by atoms with E-state index in [0.29, 0.717) is 0 Å². The van der Waals surface area contributed by atoms with Gasteiger partial charge in [-0.3, -0.25) is 9.36 Å². The average molecular weight is 203 g/mol. The van der Waals surface area contributed by atoms with Gasteiger partial charge in [-0.1, -0.05) is 0 Å². The van der Waals surface area contributed by atoms with Crippen molar-refractivity contribution in [1.29, 1.82) is 0 Å². The van der Waals surface area contributed by atoms with Crippen LogP contribution in [-0.4, -0.2) is 34.8 Å². The van der Waals surface area contributed by atoms with Crippen LogP contribution in [0.2, 0.25) is 0 Å². The van der Waals surface area contributed by atoms with Crippen molar-refractivity contribution in [2.45, 2.75) is 12.5 Å². The highest BCUT2D eigenvalue weighted by Gasteiger charge is 2.16. The molecule has 74 valence electrons. The molecule has 2 unspecified atom stereocenters. The fraction of sp³-hybridized carbons (Fsp3) is 0.800. The first-order valence-corrected chi connectivity index (χ1v) is 5.40. The molecule has 0 saturated heterocycles. The first kappa shape index (κ1) is 14.1. The van der Waals surface area contributed by atoms with Crippen molar-refractivity contribution in [3.05, 3.63) is 0 Å². The van der Waals surface area contributed by atoms with Gasteiger partial charge in [-0.25, -0.2) is 0 Å². The lowest BCUT2D eigenvalue weighted by Gasteiger charge is -2.07. The predicted molar refractivity (Wildman–Crippen MR) is 46.8 cm³/mol. The number of carbonyl (C=O) groups is 1. The highest BCUT2D eigenvalue weighted by atomic mass is 31.2. The van der Waals surface area contributed by atoms with Crippen molar-refractivity contribution in [3.8, 4) is 0 Å². The lowest BCUT2D eigenvalue weighted by atomic mass is 10.6. The van der Waals surface area contributed by atoms with Crippen LogP contribution in [0.1, 0.15) is 6.42 Å². The molecule has 0 amide bonds. The van der Waals surface area contributed by atoms with Gasteiger partial charge in [0.25, 0.3) is 0 Å². The third-order valence-corrected chi connectivity index (χ3v) is 2.26. The number of hydrogen-bond acceptors (Lipinski definition) is 3. The fourth-order valence-electron chi connectivity index (χ4n) is 0.502. The number of aliphatic carboxylic acids is 1. The van der Waals surface area contributed by atoms with E-state index in [0.717, 1.165) is 0 Å². The number of quaternary nitrogens is 1. The summed E-state index contributed by atoms with van der Waals surface area (Å²) < 4.78 is 10.6. The summed E-state index contributed by atoms with van der Waals surface area (Å²) in [7, 11) is -3.10. The van der Waals surface area contributed by atoms with E-state index < -0.39 is 19.4 Å². The Kier molecular flexibility index (Phi) is 6.20. The molecule has 0 aliphatic heterocycles. The molecule has 0 heterocycles. The molecule has 0 aliphatic carbocycles. The average Bonchev–Trinajstić information content (AvgIpc) is 1.80. The van der Waals surface area contributed by atoms with Crippen LogP contribution in [-0.2, 0) is 9.36 Å². The zero-order chi connectivity index (χ0) is 9.07. The topological polar surface area (TPSA) is 137 Å². The summed E-state index contributed by atoms with van der Waals surface area (Å²) in [4.78, 5) is 18.9. The van der Waals surface area contributed by atoms with E-state index in [1.54, 1.807) is 0 Å². The minimum atomic E-state index is -3.10. The summed E-state index contributed by atoms with van der Waals surface area (Å²) in [5, 5.41) is 8.28. The Balaban J connectivity index is 0. The molecule has 2 atom stereocenters. The van der Waals surface area contributed by atoms with Crippen molar-refractivity contribution in [2.75, 3.05) is 12.8 Å². The quantitative estimate of drug-likeness (QED) is 0.479. The number of carboxylic acid groups (broad SMARTS) is 1. The van der Waals surface area contributed by atoms with Gasteiger partial charge in [-0.15, -0.1) is 0 Å². The van der Waals surface area contributed by atoms with Gasteiger partial charge in [0.05, 0.1) is 0 Å². The molecule has 7 heteroatoms. The SMILES string of the molecule is CP(=O)(O)[14CH2][14CH2]C(N)C(=O)O.[NH4+]. The first-order chi connectivity index (χ1) is 4.83. The van der Waals surface area contributed by atoms with Gasteiger partial charge < -0.3 is 21.9 Å². The van der Waals surface area contributed by atoms with Gasteiger partial charge in [-0.05, 0) is 6.42 Å². The molecule has 6 nitrogen and oxygen atoms in total. The Morgan fingerprint density at radius 2 is 2.08 bits per heavy atom. The molecule has 0 aromatic carbocycles. The minimum absolute atomic E-state index is 0. The Morgan fingerprint density at radius 3 is 2.33 bits per heavy atom. The first-order valence-electron chi connectivity index (χ1n) is 3.10. The van der Waals surface area contributed by atoms with E-state index in [1.807, 2.05) is 0 Å². The lowest BCUT2D eigenvalue weighted by Crippen LogP contribution is -2.30. The number of rotatable bonds is 4. The second kappa shape index (κ2) is 5.27. The largest absolute Gasteiger partial charge is 0.480 e. The van der Waals surface area contributed by atoms with E-state index in [2.05, 4.69) is 0 Å². The predicted octanol–water partition coefficient (Wildman–Crippen LogP) is 0.0648. The Hall–Kier alpha value is -0.420. The summed E-state index contributed by atoms with van der Waals surface area (Å²) in [6.45, 7) is 1.18. The zero-order valence-corrected chi connectivity index (χ0v) is 8.12. The van der Waals surface area contributed by atoms with Gasteiger partial charge in [0.15, 0.2) is 7.37 Å². The van der Waals surface area contributed by atoms with Crippen LogP contribution in [0, 0.1) is 0 Å². The Bertz CT molecular complexity index is 190. The summed E-state index contributed by atoms with van der Waals surface area (Å²) in [5.41, 5.74) is 5.09. The summed E-state index contributed by atoms with van der Waals surface area (Å²) in [5.74, 6) is -1.14. The van der Waals surface area contributed by atoms with Crippen LogP contribution in [0.25, 0.3) is 0 Å². The third-order valence-electron chi connectivity index (χ3n) is 1.17. The zero-order valence-electron chi connectivity index (χ0n) is 7.23. The van der Waals surface area contributed by atoms with Crippen molar-refractivity contribution >= 4 is 13.3 Å². The monoisotopic (exact) mass is 203 g/mol.